The molecule has 1 saturated heterocycles. The Morgan fingerprint density at radius 1 is 1.28 bits per heavy atom. The predicted molar refractivity (Wildman–Crippen MR) is 90.2 cm³/mol. The van der Waals surface area contributed by atoms with Crippen LogP contribution in [0.15, 0.2) is 42.1 Å². The number of hydrogen-bond donors (Lipinski definition) is 2. The van der Waals surface area contributed by atoms with E-state index in [-0.39, 0.29) is 24.6 Å². The molecule has 1 heterocycles. The molecule has 1 aromatic rings. The van der Waals surface area contributed by atoms with E-state index >= 15 is 0 Å². The Morgan fingerprint density at radius 3 is 2.60 bits per heavy atom. The highest BCUT2D eigenvalue weighted by Gasteiger charge is 2.30. The van der Waals surface area contributed by atoms with E-state index in [1.807, 2.05) is 30.3 Å². The second kappa shape index (κ2) is 7.83. The van der Waals surface area contributed by atoms with E-state index in [9.17, 15) is 14.4 Å². The third-order valence-corrected chi connectivity index (χ3v) is 3.23. The van der Waals surface area contributed by atoms with Crippen LogP contribution in [0.2, 0.25) is 0 Å². The standard InChI is InChI=1S/C18H22N2O5/c1-18(2,3)25-16(22)10-14-13(9-15(21)19-14)20-17(23)24-11-12-7-5-4-6-8-12/h4-8,10,13H,9,11H2,1-3H3,(H,19,21)(H,20,23)/b14-10-/t13-/m0/s1. The van der Waals surface area contributed by atoms with Gasteiger partial charge in [0.2, 0.25) is 5.91 Å². The van der Waals surface area contributed by atoms with E-state index in [4.69, 9.17) is 9.47 Å². The summed E-state index contributed by atoms with van der Waals surface area (Å²) in [6, 6.07) is 8.58. The van der Waals surface area contributed by atoms with E-state index in [1.54, 1.807) is 20.8 Å². The minimum Gasteiger partial charge on any atom is -0.457 e. The lowest BCUT2D eigenvalue weighted by Crippen LogP contribution is -2.36. The summed E-state index contributed by atoms with van der Waals surface area (Å²) in [4.78, 5) is 35.4. The minimum absolute atomic E-state index is 0.0368. The molecule has 1 aliphatic rings. The van der Waals surface area contributed by atoms with Gasteiger partial charge in [-0.2, -0.15) is 0 Å². The maximum Gasteiger partial charge on any atom is 0.408 e. The van der Waals surface area contributed by atoms with Gasteiger partial charge >= 0.3 is 12.1 Å². The lowest BCUT2D eigenvalue weighted by atomic mass is 10.2. The maximum atomic E-state index is 11.9. The van der Waals surface area contributed by atoms with E-state index in [0.717, 1.165) is 5.56 Å². The van der Waals surface area contributed by atoms with E-state index in [2.05, 4.69) is 10.6 Å². The molecule has 2 rings (SSSR count). The SMILES string of the molecule is CC(C)(C)OC(=O)/C=C1\NC(=O)C[C@@H]1NC(=O)OCc1ccccc1. The Balaban J connectivity index is 1.93. The molecule has 0 saturated carbocycles. The van der Waals surface area contributed by atoms with Crippen molar-refractivity contribution in [2.45, 2.75) is 45.4 Å². The smallest absolute Gasteiger partial charge is 0.408 e. The van der Waals surface area contributed by atoms with Gasteiger partial charge in [-0.1, -0.05) is 30.3 Å². The number of ether oxygens (including phenoxy) is 2. The van der Waals surface area contributed by atoms with Crippen LogP contribution >= 0.6 is 0 Å². The van der Waals surface area contributed by atoms with Crippen LogP contribution in [0.5, 0.6) is 0 Å². The second-order valence-corrected chi connectivity index (χ2v) is 6.64. The monoisotopic (exact) mass is 346 g/mol. The second-order valence-electron chi connectivity index (χ2n) is 6.64. The van der Waals surface area contributed by atoms with Crippen LogP contribution in [0.25, 0.3) is 0 Å². The zero-order chi connectivity index (χ0) is 18.4. The van der Waals surface area contributed by atoms with E-state index < -0.39 is 23.7 Å². The van der Waals surface area contributed by atoms with Crippen LogP contribution in [0.4, 0.5) is 4.79 Å². The fraction of sp³-hybridized carbons (Fsp3) is 0.389. The van der Waals surface area contributed by atoms with Crippen molar-refractivity contribution in [3.8, 4) is 0 Å². The number of amides is 2. The van der Waals surface area contributed by atoms with Crippen molar-refractivity contribution < 1.29 is 23.9 Å². The normalized spacial score (nSPS) is 18.6. The summed E-state index contributed by atoms with van der Waals surface area (Å²) >= 11 is 0. The number of hydrogen-bond acceptors (Lipinski definition) is 5. The van der Waals surface area contributed by atoms with Crippen molar-refractivity contribution >= 4 is 18.0 Å². The van der Waals surface area contributed by atoms with Gasteiger partial charge in [-0.05, 0) is 26.3 Å². The Kier molecular flexibility index (Phi) is 5.80. The van der Waals surface area contributed by atoms with Crippen molar-refractivity contribution in [2.24, 2.45) is 0 Å². The third kappa shape index (κ3) is 6.29. The largest absolute Gasteiger partial charge is 0.457 e. The first-order valence-corrected chi connectivity index (χ1v) is 7.94. The highest BCUT2D eigenvalue weighted by Crippen LogP contribution is 2.15. The highest BCUT2D eigenvalue weighted by atomic mass is 16.6. The number of carbonyl (C=O) groups excluding carboxylic acids is 3. The van der Waals surface area contributed by atoms with Gasteiger partial charge in [-0.15, -0.1) is 0 Å². The Bertz CT molecular complexity index is 676. The molecule has 25 heavy (non-hydrogen) atoms. The summed E-state index contributed by atoms with van der Waals surface area (Å²) in [6.07, 6.45) is 0.549. The first-order valence-electron chi connectivity index (χ1n) is 7.94. The van der Waals surface area contributed by atoms with Gasteiger partial charge in [0.15, 0.2) is 0 Å². The van der Waals surface area contributed by atoms with Crippen molar-refractivity contribution in [1.29, 1.82) is 0 Å². The fourth-order valence-electron chi connectivity index (χ4n) is 2.23. The maximum absolute atomic E-state index is 11.9. The van der Waals surface area contributed by atoms with Crippen LogP contribution in [-0.4, -0.2) is 29.6 Å². The molecule has 1 atom stereocenters. The predicted octanol–water partition coefficient (Wildman–Crippen LogP) is 2.03. The molecule has 1 aromatic carbocycles. The quantitative estimate of drug-likeness (QED) is 0.643. The molecule has 7 nitrogen and oxygen atoms in total. The van der Waals surface area contributed by atoms with Gasteiger partial charge in [-0.25, -0.2) is 9.59 Å². The molecule has 0 unspecified atom stereocenters. The van der Waals surface area contributed by atoms with Gasteiger partial charge in [-0.3, -0.25) is 4.79 Å². The van der Waals surface area contributed by atoms with Crippen molar-refractivity contribution in [3.05, 3.63) is 47.7 Å². The molecule has 1 fully saturated rings. The number of nitrogens with one attached hydrogen (secondary N) is 2. The number of carbonyl (C=O) groups is 3. The number of esters is 1. The van der Waals surface area contributed by atoms with Crippen LogP contribution in [0.1, 0.15) is 32.8 Å². The first-order chi connectivity index (χ1) is 11.7. The molecule has 2 amide bonds. The van der Waals surface area contributed by atoms with Crippen molar-refractivity contribution in [1.82, 2.24) is 10.6 Å². The third-order valence-electron chi connectivity index (χ3n) is 3.23. The number of rotatable bonds is 4. The molecule has 0 aliphatic carbocycles. The molecule has 0 aromatic heterocycles. The first kappa shape index (κ1) is 18.5. The van der Waals surface area contributed by atoms with Crippen molar-refractivity contribution in [2.75, 3.05) is 0 Å². The van der Waals surface area contributed by atoms with Crippen LogP contribution in [0, 0.1) is 0 Å². The molecule has 7 heteroatoms. The summed E-state index contributed by atoms with van der Waals surface area (Å²) < 4.78 is 10.3. The topological polar surface area (TPSA) is 93.7 Å². The Hall–Kier alpha value is -2.83. The fourth-order valence-corrected chi connectivity index (χ4v) is 2.23. The summed E-state index contributed by atoms with van der Waals surface area (Å²) in [5, 5.41) is 5.13. The van der Waals surface area contributed by atoms with E-state index in [0.29, 0.717) is 0 Å². The van der Waals surface area contributed by atoms with Crippen LogP contribution in [-0.2, 0) is 25.7 Å². The lowest BCUT2D eigenvalue weighted by Gasteiger charge is -2.19. The average Bonchev–Trinajstić information content (AvgIpc) is 2.83. The van der Waals surface area contributed by atoms with E-state index in [1.165, 1.54) is 6.08 Å². The number of benzene rings is 1. The minimum atomic E-state index is -0.666. The molecule has 0 bridgehead atoms. The highest BCUT2D eigenvalue weighted by molar-refractivity contribution is 5.89. The molecule has 1 aliphatic heterocycles. The van der Waals surface area contributed by atoms with Gasteiger partial charge in [0.05, 0.1) is 12.5 Å². The summed E-state index contributed by atoms with van der Waals surface area (Å²) in [6.45, 7) is 5.35. The average molecular weight is 346 g/mol. The molecule has 134 valence electrons. The molecule has 0 radical (unpaired) electrons. The summed E-state index contributed by atoms with van der Waals surface area (Å²) in [7, 11) is 0. The van der Waals surface area contributed by atoms with Crippen LogP contribution < -0.4 is 10.6 Å². The van der Waals surface area contributed by atoms with Crippen LogP contribution in [0.3, 0.4) is 0 Å². The molecule has 2 N–H and O–H groups in total. The lowest BCUT2D eigenvalue weighted by molar-refractivity contribution is -0.148. The Labute approximate surface area is 146 Å². The summed E-state index contributed by atoms with van der Waals surface area (Å²) in [5.41, 5.74) is 0.493. The van der Waals surface area contributed by atoms with Gasteiger partial charge in [0.1, 0.15) is 12.2 Å². The van der Waals surface area contributed by atoms with Gasteiger partial charge < -0.3 is 20.1 Å². The Morgan fingerprint density at radius 2 is 1.96 bits per heavy atom. The summed E-state index contributed by atoms with van der Waals surface area (Å²) in [5.74, 6) is -0.877. The van der Waals surface area contributed by atoms with Gasteiger partial charge in [0.25, 0.3) is 0 Å². The molecular weight excluding hydrogens is 324 g/mol. The molecule has 0 spiro atoms. The number of alkyl carbamates (subject to hydrolysis) is 1. The zero-order valence-corrected chi connectivity index (χ0v) is 14.5. The van der Waals surface area contributed by atoms with Gasteiger partial charge in [0, 0.05) is 11.8 Å². The van der Waals surface area contributed by atoms with Crippen molar-refractivity contribution in [3.63, 3.8) is 0 Å². The molecular formula is C18H22N2O5. The zero-order valence-electron chi connectivity index (χ0n) is 14.5.